The molecule has 0 aliphatic rings. The monoisotopic (exact) mass is 542 g/mol. The maximum Gasteiger partial charge on any atom is 0.240 e. The largest absolute Gasteiger partial charge is 0.457 e. The van der Waals surface area contributed by atoms with Gasteiger partial charge in [0.1, 0.15) is 23.1 Å². The molecule has 5 aromatic rings. The van der Waals surface area contributed by atoms with Crippen LogP contribution >= 0.6 is 0 Å². The zero-order valence-corrected chi connectivity index (χ0v) is 21.3. The van der Waals surface area contributed by atoms with Crippen molar-refractivity contribution in [2.75, 3.05) is 11.1 Å². The topological polar surface area (TPSA) is 132 Å². The predicted octanol–water partition coefficient (Wildman–Crippen LogP) is 5.27. The molecular weight excluding hydrogens is 519 g/mol. The number of anilines is 3. The van der Waals surface area contributed by atoms with Crippen LogP contribution in [0.4, 0.5) is 21.8 Å². The fourth-order valence-corrected chi connectivity index (χ4v) is 4.66. The third-order valence-corrected chi connectivity index (χ3v) is 6.95. The highest BCUT2D eigenvalue weighted by Gasteiger charge is 2.14. The Labute approximate surface area is 224 Å². The van der Waals surface area contributed by atoms with Gasteiger partial charge in [-0.3, -0.25) is 4.98 Å². The normalized spacial score (nSPS) is 11.2. The lowest BCUT2D eigenvalue weighted by molar-refractivity contribution is 0.480. The van der Waals surface area contributed by atoms with E-state index in [-0.39, 0.29) is 17.4 Å². The van der Waals surface area contributed by atoms with Crippen LogP contribution in [0.1, 0.15) is 5.69 Å². The Kier molecular flexibility index (Phi) is 7.43. The first-order valence-corrected chi connectivity index (χ1v) is 13.3. The van der Waals surface area contributed by atoms with Crippen molar-refractivity contribution >= 4 is 27.5 Å². The molecule has 4 N–H and O–H groups in total. The summed E-state index contributed by atoms with van der Waals surface area (Å²) in [5.74, 6) is 1.25. The van der Waals surface area contributed by atoms with E-state index in [0.29, 0.717) is 28.7 Å². The molecule has 0 saturated heterocycles. The minimum absolute atomic E-state index is 0.0362. The lowest BCUT2D eigenvalue weighted by atomic mass is 10.1. The molecule has 0 aliphatic carbocycles. The summed E-state index contributed by atoms with van der Waals surface area (Å²) >= 11 is 0. The molecular formula is C28H23FN6O3S. The molecule has 0 bridgehead atoms. The minimum Gasteiger partial charge on any atom is -0.457 e. The molecule has 196 valence electrons. The molecule has 3 aromatic carbocycles. The second kappa shape index (κ2) is 11.3. The highest BCUT2D eigenvalue weighted by atomic mass is 32.2. The lowest BCUT2D eigenvalue weighted by Crippen LogP contribution is -2.23. The Morgan fingerprint density at radius 2 is 1.59 bits per heavy atom. The first-order valence-electron chi connectivity index (χ1n) is 11.8. The number of nitrogens with one attached hydrogen (secondary N) is 2. The SMILES string of the molecule is Nc1nc(Nc2ccc(Oc3ccnc(CNS(=O)(=O)c4ccc(F)cc4)c3)cc2)cc(-c2ccccc2)n1. The first-order chi connectivity index (χ1) is 18.8. The van der Waals surface area contributed by atoms with Gasteiger partial charge in [-0.2, -0.15) is 4.98 Å². The van der Waals surface area contributed by atoms with Crippen molar-refractivity contribution in [1.29, 1.82) is 0 Å². The number of halogens is 1. The Morgan fingerprint density at radius 1 is 0.846 bits per heavy atom. The maximum atomic E-state index is 13.1. The number of ether oxygens (including phenoxy) is 1. The number of pyridine rings is 1. The van der Waals surface area contributed by atoms with Gasteiger partial charge in [-0.1, -0.05) is 30.3 Å². The summed E-state index contributed by atoms with van der Waals surface area (Å²) in [4.78, 5) is 12.7. The minimum atomic E-state index is -3.82. The van der Waals surface area contributed by atoms with Crippen LogP contribution in [0, 0.1) is 5.82 Å². The Hall–Kier alpha value is -4.87. The van der Waals surface area contributed by atoms with Gasteiger partial charge in [-0.25, -0.2) is 22.5 Å². The van der Waals surface area contributed by atoms with Crippen LogP contribution in [0.15, 0.2) is 108 Å². The van der Waals surface area contributed by atoms with E-state index in [9.17, 15) is 12.8 Å². The quantitative estimate of drug-likeness (QED) is 0.229. The van der Waals surface area contributed by atoms with Crippen molar-refractivity contribution in [2.24, 2.45) is 0 Å². The standard InChI is InChI=1S/C28H23FN6O3S/c29-20-6-12-25(13-7-20)39(36,37)32-18-22-16-24(14-15-31-22)38-23-10-8-21(9-11-23)33-27-17-26(34-28(30)35-27)19-4-2-1-3-5-19/h1-17,32H,18H2,(H3,30,33,34,35). The fraction of sp³-hybridized carbons (Fsp3) is 0.0357. The average molecular weight is 543 g/mol. The highest BCUT2D eigenvalue weighted by Crippen LogP contribution is 2.26. The van der Waals surface area contributed by atoms with Gasteiger partial charge < -0.3 is 15.8 Å². The molecule has 5 rings (SSSR count). The smallest absolute Gasteiger partial charge is 0.240 e. The summed E-state index contributed by atoms with van der Waals surface area (Å²) in [6.07, 6.45) is 1.52. The van der Waals surface area contributed by atoms with Crippen LogP contribution in [0.5, 0.6) is 11.5 Å². The second-order valence-corrected chi connectivity index (χ2v) is 10.1. The molecule has 0 amide bonds. The molecule has 0 aliphatic heterocycles. The fourth-order valence-electron chi connectivity index (χ4n) is 3.66. The van der Waals surface area contributed by atoms with Gasteiger partial charge in [0.05, 0.1) is 22.8 Å². The zero-order chi connectivity index (χ0) is 27.2. The molecule has 39 heavy (non-hydrogen) atoms. The number of sulfonamides is 1. The molecule has 11 heteroatoms. The summed E-state index contributed by atoms with van der Waals surface area (Å²) in [6.45, 7) is -0.0627. The van der Waals surface area contributed by atoms with Crippen molar-refractivity contribution < 1.29 is 17.5 Å². The van der Waals surface area contributed by atoms with Crippen molar-refractivity contribution in [3.05, 3.63) is 115 Å². The van der Waals surface area contributed by atoms with Crippen LogP contribution in [-0.2, 0) is 16.6 Å². The van der Waals surface area contributed by atoms with Crippen molar-refractivity contribution in [3.63, 3.8) is 0 Å². The van der Waals surface area contributed by atoms with Crippen molar-refractivity contribution in [3.8, 4) is 22.8 Å². The average Bonchev–Trinajstić information content (AvgIpc) is 2.94. The number of hydrogen-bond acceptors (Lipinski definition) is 8. The number of nitrogen functional groups attached to an aromatic ring is 1. The van der Waals surface area contributed by atoms with Crippen LogP contribution in [0.25, 0.3) is 11.3 Å². The summed E-state index contributed by atoms with van der Waals surface area (Å²) < 4.78 is 46.4. The van der Waals surface area contributed by atoms with E-state index in [1.165, 1.54) is 18.3 Å². The summed E-state index contributed by atoms with van der Waals surface area (Å²) in [7, 11) is -3.82. The molecule has 9 nitrogen and oxygen atoms in total. The Balaban J connectivity index is 1.22. The maximum absolute atomic E-state index is 13.1. The van der Waals surface area contributed by atoms with Gasteiger partial charge in [-0.15, -0.1) is 0 Å². The number of hydrogen-bond donors (Lipinski definition) is 3. The lowest BCUT2D eigenvalue weighted by Gasteiger charge is -2.11. The molecule has 2 aromatic heterocycles. The summed E-state index contributed by atoms with van der Waals surface area (Å²) in [5.41, 5.74) is 8.77. The van der Waals surface area contributed by atoms with E-state index in [1.54, 1.807) is 24.3 Å². The second-order valence-electron chi connectivity index (χ2n) is 8.38. The van der Waals surface area contributed by atoms with Crippen LogP contribution in [0.3, 0.4) is 0 Å². The number of rotatable bonds is 9. The first kappa shape index (κ1) is 25.8. The number of nitrogens with two attached hydrogens (primary N) is 1. The Bertz CT molecular complexity index is 1680. The molecule has 0 atom stereocenters. The van der Waals surface area contributed by atoms with E-state index in [2.05, 4.69) is 25.0 Å². The van der Waals surface area contributed by atoms with Crippen molar-refractivity contribution in [1.82, 2.24) is 19.7 Å². The van der Waals surface area contributed by atoms with Crippen LogP contribution in [-0.4, -0.2) is 23.4 Å². The molecule has 0 unspecified atom stereocenters. The van der Waals surface area contributed by atoms with E-state index >= 15 is 0 Å². The third kappa shape index (κ3) is 6.72. The van der Waals surface area contributed by atoms with Gasteiger partial charge in [0.2, 0.25) is 16.0 Å². The van der Waals surface area contributed by atoms with E-state index in [0.717, 1.165) is 23.4 Å². The molecule has 0 saturated carbocycles. The molecule has 0 radical (unpaired) electrons. The van der Waals surface area contributed by atoms with E-state index < -0.39 is 15.8 Å². The molecule has 0 fully saturated rings. The van der Waals surface area contributed by atoms with Gasteiger partial charge in [0, 0.05) is 29.6 Å². The number of benzene rings is 3. The number of aromatic nitrogens is 3. The highest BCUT2D eigenvalue weighted by molar-refractivity contribution is 7.89. The van der Waals surface area contributed by atoms with Gasteiger partial charge in [0.25, 0.3) is 0 Å². The summed E-state index contributed by atoms with van der Waals surface area (Å²) in [6, 6.07) is 26.6. The van der Waals surface area contributed by atoms with Gasteiger partial charge >= 0.3 is 0 Å². The third-order valence-electron chi connectivity index (χ3n) is 5.53. The predicted molar refractivity (Wildman–Crippen MR) is 146 cm³/mol. The van der Waals surface area contributed by atoms with Crippen molar-refractivity contribution in [2.45, 2.75) is 11.4 Å². The molecule has 0 spiro atoms. The molecule has 2 heterocycles. The van der Waals surface area contributed by atoms with Crippen LogP contribution < -0.4 is 20.5 Å². The van der Waals surface area contributed by atoms with Gasteiger partial charge in [-0.05, 0) is 54.6 Å². The zero-order valence-electron chi connectivity index (χ0n) is 20.5. The number of nitrogens with zero attached hydrogens (tertiary/aromatic N) is 3. The Morgan fingerprint density at radius 3 is 2.33 bits per heavy atom. The van der Waals surface area contributed by atoms with Crippen LogP contribution in [0.2, 0.25) is 0 Å². The summed E-state index contributed by atoms with van der Waals surface area (Å²) in [5, 5.41) is 3.22. The van der Waals surface area contributed by atoms with E-state index in [4.69, 9.17) is 10.5 Å². The van der Waals surface area contributed by atoms with Gasteiger partial charge in [0.15, 0.2) is 0 Å². The van der Waals surface area contributed by atoms with E-state index in [1.807, 2.05) is 48.5 Å².